The number of halogens is 3. The highest BCUT2D eigenvalue weighted by Crippen LogP contribution is 2.32. The lowest BCUT2D eigenvalue weighted by molar-refractivity contribution is 0.0697. The molecule has 116 valence electrons. The van der Waals surface area contributed by atoms with Gasteiger partial charge in [-0.25, -0.2) is 18.0 Å². The highest BCUT2D eigenvalue weighted by atomic mass is 32.1. The zero-order valence-electron chi connectivity index (χ0n) is 11.5. The van der Waals surface area contributed by atoms with Gasteiger partial charge in [0.15, 0.2) is 17.5 Å². The van der Waals surface area contributed by atoms with Crippen LogP contribution in [0.5, 0.6) is 0 Å². The van der Waals surface area contributed by atoms with Gasteiger partial charge in [-0.3, -0.25) is 4.79 Å². The lowest BCUT2D eigenvalue weighted by Gasteiger charge is -2.06. The molecule has 2 rings (SSSR count). The fourth-order valence-electron chi connectivity index (χ4n) is 1.84. The van der Waals surface area contributed by atoms with Crippen molar-refractivity contribution >= 4 is 28.2 Å². The van der Waals surface area contributed by atoms with E-state index in [1.165, 1.54) is 0 Å². The molecule has 4 nitrogen and oxygen atoms in total. The van der Waals surface area contributed by atoms with Gasteiger partial charge in [0, 0.05) is 4.88 Å². The monoisotopic (exact) mass is 329 g/mol. The van der Waals surface area contributed by atoms with Gasteiger partial charge < -0.3 is 10.4 Å². The topological polar surface area (TPSA) is 66.4 Å². The van der Waals surface area contributed by atoms with Gasteiger partial charge in [-0.05, 0) is 31.5 Å². The van der Waals surface area contributed by atoms with E-state index in [0.29, 0.717) is 16.5 Å². The van der Waals surface area contributed by atoms with Crippen molar-refractivity contribution in [3.63, 3.8) is 0 Å². The molecule has 22 heavy (non-hydrogen) atoms. The molecule has 0 spiro atoms. The summed E-state index contributed by atoms with van der Waals surface area (Å²) in [4.78, 5) is 23.8. The van der Waals surface area contributed by atoms with Crippen molar-refractivity contribution in [3.05, 3.63) is 51.2 Å². The summed E-state index contributed by atoms with van der Waals surface area (Å²) in [5.41, 5.74) is -0.351. The van der Waals surface area contributed by atoms with Crippen molar-refractivity contribution in [1.29, 1.82) is 0 Å². The molecule has 0 aliphatic carbocycles. The summed E-state index contributed by atoms with van der Waals surface area (Å²) in [6.45, 7) is 3.24. The van der Waals surface area contributed by atoms with E-state index in [9.17, 15) is 22.8 Å². The van der Waals surface area contributed by atoms with Crippen LogP contribution in [0.1, 0.15) is 31.2 Å². The molecule has 1 aromatic carbocycles. The Morgan fingerprint density at radius 1 is 1.14 bits per heavy atom. The van der Waals surface area contributed by atoms with Crippen LogP contribution in [0.3, 0.4) is 0 Å². The van der Waals surface area contributed by atoms with E-state index in [-0.39, 0.29) is 10.6 Å². The summed E-state index contributed by atoms with van der Waals surface area (Å²) >= 11 is 1.00. The Morgan fingerprint density at radius 2 is 1.77 bits per heavy atom. The number of carboxylic acids is 1. The predicted octanol–water partition coefficient (Wildman–Crippen LogP) is 3.73. The molecule has 0 saturated carbocycles. The second-order valence-electron chi connectivity index (χ2n) is 4.47. The molecule has 0 saturated heterocycles. The summed E-state index contributed by atoms with van der Waals surface area (Å²) in [7, 11) is 0. The van der Waals surface area contributed by atoms with Crippen LogP contribution < -0.4 is 5.32 Å². The number of hydrogen-bond donors (Lipinski definition) is 2. The molecule has 0 unspecified atom stereocenters. The van der Waals surface area contributed by atoms with Crippen LogP contribution in [0.15, 0.2) is 12.1 Å². The van der Waals surface area contributed by atoms with E-state index in [0.717, 1.165) is 17.4 Å². The van der Waals surface area contributed by atoms with Crippen molar-refractivity contribution in [3.8, 4) is 0 Å². The molecule has 0 radical (unpaired) electrons. The largest absolute Gasteiger partial charge is 0.478 e. The Balaban J connectivity index is 2.40. The van der Waals surface area contributed by atoms with Crippen molar-refractivity contribution < 1.29 is 27.9 Å². The van der Waals surface area contributed by atoms with Crippen molar-refractivity contribution in [1.82, 2.24) is 0 Å². The average molecular weight is 329 g/mol. The number of thiophene rings is 1. The molecule has 0 aliphatic heterocycles. The SMILES string of the molecule is Cc1sc(NC(=O)c2ccc(F)c(F)c2F)c(C(=O)O)c1C. The fourth-order valence-corrected chi connectivity index (χ4v) is 2.89. The van der Waals surface area contributed by atoms with Gasteiger partial charge in [-0.15, -0.1) is 11.3 Å². The Bertz CT molecular complexity index is 786. The van der Waals surface area contributed by atoms with Crippen LogP contribution in [-0.4, -0.2) is 17.0 Å². The first-order valence-electron chi connectivity index (χ1n) is 6.02. The van der Waals surface area contributed by atoms with Crippen LogP contribution in [-0.2, 0) is 0 Å². The predicted molar refractivity (Wildman–Crippen MR) is 75.0 cm³/mol. The molecule has 0 atom stereocenters. The van der Waals surface area contributed by atoms with Crippen LogP contribution >= 0.6 is 11.3 Å². The van der Waals surface area contributed by atoms with E-state index in [4.69, 9.17) is 5.11 Å². The first-order chi connectivity index (χ1) is 10.2. The quantitative estimate of drug-likeness (QED) is 0.843. The van der Waals surface area contributed by atoms with Crippen molar-refractivity contribution in [2.24, 2.45) is 0 Å². The highest BCUT2D eigenvalue weighted by molar-refractivity contribution is 7.16. The third-order valence-electron chi connectivity index (χ3n) is 3.11. The number of carbonyl (C=O) groups is 2. The van der Waals surface area contributed by atoms with Gasteiger partial charge in [0.25, 0.3) is 5.91 Å². The van der Waals surface area contributed by atoms with Gasteiger partial charge in [-0.1, -0.05) is 0 Å². The third-order valence-corrected chi connectivity index (χ3v) is 4.23. The molecule has 1 amide bonds. The lowest BCUT2D eigenvalue weighted by atomic mass is 10.1. The second-order valence-corrected chi connectivity index (χ2v) is 5.69. The summed E-state index contributed by atoms with van der Waals surface area (Å²) in [6.07, 6.45) is 0. The van der Waals surface area contributed by atoms with Crippen molar-refractivity contribution in [2.45, 2.75) is 13.8 Å². The number of carboxylic acid groups (broad SMARTS) is 1. The van der Waals surface area contributed by atoms with Gasteiger partial charge in [0.1, 0.15) is 5.00 Å². The molecule has 0 aliphatic rings. The minimum absolute atomic E-state index is 0.0108. The number of nitrogens with one attached hydrogen (secondary N) is 1. The van der Waals surface area contributed by atoms with Gasteiger partial charge >= 0.3 is 5.97 Å². The van der Waals surface area contributed by atoms with E-state index in [2.05, 4.69) is 5.32 Å². The van der Waals surface area contributed by atoms with E-state index in [1.54, 1.807) is 13.8 Å². The Morgan fingerprint density at radius 3 is 2.36 bits per heavy atom. The number of aryl methyl sites for hydroxylation is 1. The molecule has 1 aromatic heterocycles. The Labute approximate surface area is 127 Å². The van der Waals surface area contributed by atoms with Crippen LogP contribution in [0.2, 0.25) is 0 Å². The number of amides is 1. The standard InChI is InChI=1S/C14H10F3NO3S/c1-5-6(2)22-13(9(5)14(20)21)18-12(19)7-3-4-8(15)11(17)10(7)16/h3-4H,1-2H3,(H,18,19)(H,20,21). The summed E-state index contributed by atoms with van der Waals surface area (Å²) < 4.78 is 39.6. The van der Waals surface area contributed by atoms with Gasteiger partial charge in [0.2, 0.25) is 0 Å². The maximum Gasteiger partial charge on any atom is 0.338 e. The highest BCUT2D eigenvalue weighted by Gasteiger charge is 2.23. The van der Waals surface area contributed by atoms with Crippen LogP contribution in [0, 0.1) is 31.3 Å². The van der Waals surface area contributed by atoms with Gasteiger partial charge in [0.05, 0.1) is 11.1 Å². The number of carbonyl (C=O) groups excluding carboxylic acids is 1. The normalized spacial score (nSPS) is 10.6. The number of aromatic carboxylic acids is 1. The Hall–Kier alpha value is -2.35. The van der Waals surface area contributed by atoms with E-state index < -0.39 is 34.9 Å². The molecular weight excluding hydrogens is 319 g/mol. The molecule has 2 aromatic rings. The summed E-state index contributed by atoms with van der Waals surface area (Å²) in [5.74, 6) is -7.10. The molecule has 1 heterocycles. The van der Waals surface area contributed by atoms with Crippen LogP contribution in [0.25, 0.3) is 0 Å². The smallest absolute Gasteiger partial charge is 0.338 e. The Kier molecular flexibility index (Phi) is 4.23. The fraction of sp³-hybridized carbons (Fsp3) is 0.143. The molecule has 0 fully saturated rings. The third kappa shape index (κ3) is 2.69. The van der Waals surface area contributed by atoms with Crippen LogP contribution in [0.4, 0.5) is 18.2 Å². The zero-order valence-corrected chi connectivity index (χ0v) is 12.3. The second kappa shape index (κ2) is 5.80. The average Bonchev–Trinajstić information content (AvgIpc) is 2.71. The molecule has 0 bridgehead atoms. The molecule has 2 N–H and O–H groups in total. The van der Waals surface area contributed by atoms with E-state index in [1.807, 2.05) is 0 Å². The van der Waals surface area contributed by atoms with Gasteiger partial charge in [-0.2, -0.15) is 0 Å². The lowest BCUT2D eigenvalue weighted by Crippen LogP contribution is -2.16. The number of hydrogen-bond acceptors (Lipinski definition) is 3. The molecule has 8 heteroatoms. The number of anilines is 1. The first-order valence-corrected chi connectivity index (χ1v) is 6.83. The first kappa shape index (κ1) is 16.0. The summed E-state index contributed by atoms with van der Waals surface area (Å²) in [6, 6.07) is 1.41. The number of benzene rings is 1. The minimum atomic E-state index is -1.76. The number of rotatable bonds is 3. The molecular formula is C14H10F3NO3S. The minimum Gasteiger partial charge on any atom is -0.478 e. The van der Waals surface area contributed by atoms with E-state index >= 15 is 0 Å². The summed E-state index contributed by atoms with van der Waals surface area (Å²) in [5, 5.41) is 11.4. The zero-order chi connectivity index (χ0) is 16.6. The maximum absolute atomic E-state index is 13.6. The maximum atomic E-state index is 13.6. The van der Waals surface area contributed by atoms with Crippen molar-refractivity contribution in [2.75, 3.05) is 5.32 Å².